The predicted molar refractivity (Wildman–Crippen MR) is 106 cm³/mol. The first-order valence-corrected chi connectivity index (χ1v) is 10.4. The lowest BCUT2D eigenvalue weighted by Crippen LogP contribution is -2.53. The Kier molecular flexibility index (Phi) is 5.71. The van der Waals surface area contributed by atoms with Crippen molar-refractivity contribution < 1.29 is 4.79 Å². The van der Waals surface area contributed by atoms with E-state index in [1.807, 2.05) is 35.0 Å². The molecule has 1 amide bonds. The fourth-order valence-corrected chi connectivity index (χ4v) is 4.67. The molecule has 1 spiro atoms. The quantitative estimate of drug-likeness (QED) is 0.767. The second-order valence-electron chi connectivity index (χ2n) is 8.40. The number of hydrogen-bond acceptors (Lipinski definition) is 5. The van der Waals surface area contributed by atoms with Crippen molar-refractivity contribution in [2.45, 2.75) is 52.1 Å². The molecule has 2 aromatic heterocycles. The van der Waals surface area contributed by atoms with Gasteiger partial charge in [-0.15, -0.1) is 0 Å². The van der Waals surface area contributed by atoms with E-state index >= 15 is 0 Å². The van der Waals surface area contributed by atoms with E-state index in [1.54, 1.807) is 12.4 Å². The fraction of sp³-hybridized carbons (Fsp3) is 0.619. The number of aromatic nitrogens is 4. The molecule has 2 saturated heterocycles. The summed E-state index contributed by atoms with van der Waals surface area (Å²) in [5.41, 5.74) is 2.02. The largest absolute Gasteiger partial charge is 0.336 e. The minimum Gasteiger partial charge on any atom is -0.336 e. The fourth-order valence-electron chi connectivity index (χ4n) is 4.67. The Bertz CT molecular complexity index is 775. The Morgan fingerprint density at radius 2 is 2.07 bits per heavy atom. The lowest BCUT2D eigenvalue weighted by Gasteiger charge is -2.48. The molecule has 0 aliphatic carbocycles. The molecule has 2 aliphatic heterocycles. The second-order valence-corrected chi connectivity index (χ2v) is 8.40. The number of amides is 1. The maximum absolute atomic E-state index is 12.5. The van der Waals surface area contributed by atoms with Crippen LogP contribution in [0.2, 0.25) is 0 Å². The van der Waals surface area contributed by atoms with Gasteiger partial charge in [-0.25, -0.2) is 0 Å². The van der Waals surface area contributed by atoms with Gasteiger partial charge in [0.1, 0.15) is 0 Å². The number of carbonyl (C=O) groups excluding carboxylic acids is 1. The molecule has 2 aromatic rings. The third-order valence-electron chi connectivity index (χ3n) is 6.10. The number of aryl methyl sites for hydroxylation is 2. The molecule has 28 heavy (non-hydrogen) atoms. The van der Waals surface area contributed by atoms with Crippen LogP contribution >= 0.6 is 0 Å². The van der Waals surface area contributed by atoms with E-state index in [9.17, 15) is 4.79 Å². The minimum absolute atomic E-state index is 0.232. The van der Waals surface area contributed by atoms with Crippen LogP contribution in [0.15, 0.2) is 30.9 Å². The van der Waals surface area contributed by atoms with Gasteiger partial charge in [0, 0.05) is 50.1 Å². The van der Waals surface area contributed by atoms with E-state index in [-0.39, 0.29) is 11.3 Å². The van der Waals surface area contributed by atoms with Gasteiger partial charge >= 0.3 is 0 Å². The summed E-state index contributed by atoms with van der Waals surface area (Å²) in [5.74, 6) is 0.254. The number of likely N-dealkylation sites (tertiary alicyclic amines) is 2. The first kappa shape index (κ1) is 19.1. The van der Waals surface area contributed by atoms with E-state index < -0.39 is 0 Å². The molecule has 2 aliphatic rings. The SMILES string of the molecule is Cc1cnc(CN2CC3(CCCN(CCCn4cccn4)C3)CCC2=O)cn1. The third kappa shape index (κ3) is 4.58. The van der Waals surface area contributed by atoms with Crippen molar-refractivity contribution in [2.24, 2.45) is 5.41 Å². The van der Waals surface area contributed by atoms with Gasteiger partial charge in [0.2, 0.25) is 5.91 Å². The van der Waals surface area contributed by atoms with Crippen LogP contribution < -0.4 is 0 Å². The van der Waals surface area contributed by atoms with Gasteiger partial charge < -0.3 is 9.80 Å². The maximum Gasteiger partial charge on any atom is 0.222 e. The van der Waals surface area contributed by atoms with Gasteiger partial charge in [-0.3, -0.25) is 19.4 Å². The Morgan fingerprint density at radius 1 is 1.14 bits per heavy atom. The molecule has 2 fully saturated rings. The Labute approximate surface area is 166 Å². The van der Waals surface area contributed by atoms with E-state index in [1.165, 1.54) is 12.8 Å². The summed E-state index contributed by atoms with van der Waals surface area (Å²) in [6, 6.07) is 1.97. The van der Waals surface area contributed by atoms with Gasteiger partial charge in [0.05, 0.1) is 24.1 Å². The van der Waals surface area contributed by atoms with Crippen molar-refractivity contribution in [3.8, 4) is 0 Å². The molecule has 7 nitrogen and oxygen atoms in total. The van der Waals surface area contributed by atoms with Crippen molar-refractivity contribution in [1.82, 2.24) is 29.5 Å². The molecule has 0 bridgehead atoms. The molecule has 7 heteroatoms. The van der Waals surface area contributed by atoms with Crippen molar-refractivity contribution >= 4 is 5.91 Å². The van der Waals surface area contributed by atoms with Crippen LogP contribution in [0, 0.1) is 12.3 Å². The zero-order valence-corrected chi connectivity index (χ0v) is 16.8. The zero-order chi connectivity index (χ0) is 19.4. The van der Waals surface area contributed by atoms with Crippen molar-refractivity contribution in [2.75, 3.05) is 26.2 Å². The normalized spacial score (nSPS) is 23.5. The summed E-state index contributed by atoms with van der Waals surface area (Å²) in [4.78, 5) is 25.9. The summed E-state index contributed by atoms with van der Waals surface area (Å²) in [6.07, 6.45) is 12.6. The number of hydrogen-bond donors (Lipinski definition) is 0. The molecular weight excluding hydrogens is 352 g/mol. The molecule has 1 unspecified atom stereocenters. The minimum atomic E-state index is 0.232. The van der Waals surface area contributed by atoms with Crippen molar-refractivity contribution in [3.05, 3.63) is 42.2 Å². The van der Waals surface area contributed by atoms with E-state index in [0.717, 1.165) is 57.0 Å². The predicted octanol–water partition coefficient (Wildman–Crippen LogP) is 2.28. The Hall–Kier alpha value is -2.28. The van der Waals surface area contributed by atoms with Gasteiger partial charge in [0.15, 0.2) is 0 Å². The van der Waals surface area contributed by atoms with Gasteiger partial charge in [-0.1, -0.05) is 0 Å². The molecule has 4 rings (SSSR count). The zero-order valence-electron chi connectivity index (χ0n) is 16.8. The van der Waals surface area contributed by atoms with Gasteiger partial charge in [0.25, 0.3) is 0 Å². The van der Waals surface area contributed by atoms with Crippen LogP contribution in [0.25, 0.3) is 0 Å². The summed E-state index contributed by atoms with van der Waals surface area (Å²) in [6.45, 7) is 7.67. The highest BCUT2D eigenvalue weighted by Gasteiger charge is 2.41. The third-order valence-corrected chi connectivity index (χ3v) is 6.10. The van der Waals surface area contributed by atoms with Crippen LogP contribution in [-0.2, 0) is 17.9 Å². The number of piperidine rings is 2. The van der Waals surface area contributed by atoms with Gasteiger partial charge in [-0.2, -0.15) is 5.10 Å². The van der Waals surface area contributed by atoms with E-state index in [0.29, 0.717) is 13.0 Å². The maximum atomic E-state index is 12.5. The van der Waals surface area contributed by atoms with Gasteiger partial charge in [-0.05, 0) is 51.8 Å². The lowest BCUT2D eigenvalue weighted by atomic mass is 9.73. The van der Waals surface area contributed by atoms with Crippen LogP contribution in [-0.4, -0.2) is 61.6 Å². The van der Waals surface area contributed by atoms with E-state index in [4.69, 9.17) is 0 Å². The van der Waals surface area contributed by atoms with Crippen LogP contribution in [0.5, 0.6) is 0 Å². The second kappa shape index (κ2) is 8.39. The highest BCUT2D eigenvalue weighted by Crippen LogP contribution is 2.39. The number of carbonyl (C=O) groups is 1. The molecular formula is C21H30N6O. The van der Waals surface area contributed by atoms with Crippen molar-refractivity contribution in [1.29, 1.82) is 0 Å². The average molecular weight is 383 g/mol. The molecule has 150 valence electrons. The van der Waals surface area contributed by atoms with Crippen LogP contribution in [0.1, 0.15) is 43.5 Å². The number of rotatable bonds is 6. The summed E-state index contributed by atoms with van der Waals surface area (Å²) < 4.78 is 2.00. The van der Waals surface area contributed by atoms with Crippen LogP contribution in [0.4, 0.5) is 0 Å². The molecule has 4 heterocycles. The Morgan fingerprint density at radius 3 is 2.86 bits per heavy atom. The van der Waals surface area contributed by atoms with E-state index in [2.05, 4.69) is 20.0 Å². The standard InChI is InChI=1S/C21H30N6O/c1-18-13-23-19(14-22-18)15-26-17-21(7-5-20(26)28)6-2-9-25(16-21)10-4-12-27-11-3-8-24-27/h3,8,11,13-14H,2,4-7,9-10,12,15-17H2,1H3. The Balaban J connectivity index is 1.34. The summed E-state index contributed by atoms with van der Waals surface area (Å²) in [7, 11) is 0. The molecule has 0 N–H and O–H groups in total. The van der Waals surface area contributed by atoms with Crippen LogP contribution in [0.3, 0.4) is 0 Å². The topological polar surface area (TPSA) is 67.2 Å². The first-order valence-electron chi connectivity index (χ1n) is 10.4. The smallest absolute Gasteiger partial charge is 0.222 e. The lowest BCUT2D eigenvalue weighted by molar-refractivity contribution is -0.140. The number of nitrogens with zero attached hydrogens (tertiary/aromatic N) is 6. The highest BCUT2D eigenvalue weighted by atomic mass is 16.2. The molecule has 0 saturated carbocycles. The summed E-state index contributed by atoms with van der Waals surface area (Å²) >= 11 is 0. The average Bonchev–Trinajstić information content (AvgIpc) is 3.21. The molecule has 1 atom stereocenters. The summed E-state index contributed by atoms with van der Waals surface area (Å²) in [5, 5.41) is 4.29. The first-order chi connectivity index (χ1) is 13.6. The van der Waals surface area contributed by atoms with Crippen molar-refractivity contribution in [3.63, 3.8) is 0 Å². The molecule has 0 aromatic carbocycles. The molecule has 0 radical (unpaired) electrons. The monoisotopic (exact) mass is 382 g/mol. The highest BCUT2D eigenvalue weighted by molar-refractivity contribution is 5.77.